The summed E-state index contributed by atoms with van der Waals surface area (Å²) in [6, 6.07) is 74.0. The molecule has 73 heavy (non-hydrogen) atoms. The fraction of sp³-hybridized carbons (Fsp3) is 0.0462. The zero-order valence-corrected chi connectivity index (χ0v) is 39.8. The number of benzene rings is 9. The third-order valence-electron chi connectivity index (χ3n) is 13.3. The molecule has 5 nitrogen and oxygen atoms in total. The van der Waals surface area contributed by atoms with Gasteiger partial charge in [0.2, 0.25) is 0 Å². The monoisotopic (exact) mass is 951 g/mol. The standard InChI is InChI=1S/C65H44F3N5/c1-41-17-15-27-47(33-41)49-29-31-60-52(35-49)53-36-50(48-28-16-18-42(2)34-48)30-32-61(53)73(60)62-54(58-39-56(43-19-7-3-8-20-43)69-63(71-58)45-23-11-5-12-24-45)37-51(65(66,67)68)38-55(62)59-40-57(44-21-9-4-10-22-44)70-64(72-59)46-25-13-6-14-26-46/h3-40H,1-2H3. The van der Waals surface area contributed by atoms with Crippen LogP contribution in [-0.4, -0.2) is 24.5 Å². The molecule has 0 N–H and O–H groups in total. The Morgan fingerprint density at radius 1 is 0.329 bits per heavy atom. The summed E-state index contributed by atoms with van der Waals surface area (Å²) >= 11 is 0. The summed E-state index contributed by atoms with van der Waals surface area (Å²) in [7, 11) is 0. The van der Waals surface area contributed by atoms with Gasteiger partial charge in [0.25, 0.3) is 0 Å². The Balaban J connectivity index is 1.25. The number of aryl methyl sites for hydroxylation is 2. The van der Waals surface area contributed by atoms with Crippen molar-refractivity contribution in [1.29, 1.82) is 0 Å². The number of halogens is 3. The van der Waals surface area contributed by atoms with Crippen molar-refractivity contribution < 1.29 is 13.2 Å². The van der Waals surface area contributed by atoms with Crippen LogP contribution < -0.4 is 0 Å². The highest BCUT2D eigenvalue weighted by atomic mass is 19.4. The van der Waals surface area contributed by atoms with Gasteiger partial charge < -0.3 is 4.57 Å². The quantitative estimate of drug-likeness (QED) is 0.145. The maximum atomic E-state index is 15.9. The molecule has 0 spiro atoms. The van der Waals surface area contributed by atoms with Gasteiger partial charge in [-0.15, -0.1) is 0 Å². The lowest BCUT2D eigenvalue weighted by molar-refractivity contribution is -0.137. The first-order valence-corrected chi connectivity index (χ1v) is 24.1. The molecule has 0 radical (unpaired) electrons. The summed E-state index contributed by atoms with van der Waals surface area (Å²) in [6.07, 6.45) is -4.77. The number of hydrogen-bond acceptors (Lipinski definition) is 4. The number of alkyl halides is 3. The molecule has 0 aliphatic rings. The number of hydrogen-bond donors (Lipinski definition) is 0. The van der Waals surface area contributed by atoms with Crippen LogP contribution in [0.15, 0.2) is 231 Å². The largest absolute Gasteiger partial charge is 0.416 e. The van der Waals surface area contributed by atoms with Crippen LogP contribution in [0.2, 0.25) is 0 Å². The maximum Gasteiger partial charge on any atom is 0.416 e. The smallest absolute Gasteiger partial charge is 0.308 e. The molecule has 0 amide bonds. The molecule has 0 saturated heterocycles. The van der Waals surface area contributed by atoms with Crippen molar-refractivity contribution in [3.63, 3.8) is 0 Å². The van der Waals surface area contributed by atoms with Crippen LogP contribution in [0.4, 0.5) is 13.2 Å². The minimum Gasteiger partial charge on any atom is -0.308 e. The SMILES string of the molecule is Cc1cccc(-c2ccc3c(c2)c2cc(-c4cccc(C)c4)ccc2n3-c2c(-c3cc(-c4ccccc4)nc(-c4ccccc4)n3)cc(C(F)(F)F)cc2-c2cc(-c3ccccc3)nc(-c3ccccc3)n2)c1. The van der Waals surface area contributed by atoms with Gasteiger partial charge in [0.15, 0.2) is 11.6 Å². The Hall–Kier alpha value is -9.27. The van der Waals surface area contributed by atoms with Gasteiger partial charge in [-0.3, -0.25) is 0 Å². The topological polar surface area (TPSA) is 56.5 Å². The van der Waals surface area contributed by atoms with E-state index in [0.29, 0.717) is 40.1 Å². The van der Waals surface area contributed by atoms with E-state index in [1.807, 2.05) is 121 Å². The minimum atomic E-state index is -4.77. The molecule has 8 heteroatoms. The molecule has 0 atom stereocenters. The molecule has 350 valence electrons. The highest BCUT2D eigenvalue weighted by Gasteiger charge is 2.35. The van der Waals surface area contributed by atoms with E-state index < -0.39 is 11.7 Å². The Morgan fingerprint density at radius 2 is 0.685 bits per heavy atom. The lowest BCUT2D eigenvalue weighted by atomic mass is 9.95. The van der Waals surface area contributed by atoms with E-state index in [0.717, 1.165) is 77.4 Å². The second-order valence-corrected chi connectivity index (χ2v) is 18.3. The molecular formula is C65H44F3N5. The van der Waals surface area contributed by atoms with Crippen LogP contribution in [-0.2, 0) is 6.18 Å². The maximum absolute atomic E-state index is 15.9. The second kappa shape index (κ2) is 18.5. The van der Waals surface area contributed by atoms with Crippen molar-refractivity contribution in [3.8, 4) is 95.7 Å². The first-order valence-electron chi connectivity index (χ1n) is 24.1. The molecule has 3 heterocycles. The number of nitrogens with zero attached hydrogens (tertiary/aromatic N) is 5. The van der Waals surface area contributed by atoms with Gasteiger partial charge >= 0.3 is 6.18 Å². The van der Waals surface area contributed by atoms with Crippen LogP contribution in [0, 0.1) is 13.8 Å². The minimum absolute atomic E-state index is 0.243. The van der Waals surface area contributed by atoms with E-state index in [1.54, 1.807) is 12.1 Å². The van der Waals surface area contributed by atoms with Crippen molar-refractivity contribution in [2.24, 2.45) is 0 Å². The zero-order valence-electron chi connectivity index (χ0n) is 39.8. The van der Waals surface area contributed by atoms with Gasteiger partial charge in [-0.1, -0.05) is 193 Å². The van der Waals surface area contributed by atoms with Crippen LogP contribution in [0.1, 0.15) is 16.7 Å². The van der Waals surface area contributed by atoms with Gasteiger partial charge in [-0.25, -0.2) is 19.9 Å². The van der Waals surface area contributed by atoms with E-state index in [1.165, 1.54) is 12.1 Å². The third-order valence-corrected chi connectivity index (χ3v) is 13.3. The first-order chi connectivity index (χ1) is 35.6. The van der Waals surface area contributed by atoms with Gasteiger partial charge in [0, 0.05) is 44.2 Å². The van der Waals surface area contributed by atoms with Gasteiger partial charge in [0.1, 0.15) is 0 Å². The van der Waals surface area contributed by atoms with Crippen LogP contribution in [0.3, 0.4) is 0 Å². The Kier molecular flexibility index (Phi) is 11.4. The summed E-state index contributed by atoms with van der Waals surface area (Å²) in [5.41, 5.74) is 12.8. The zero-order chi connectivity index (χ0) is 49.6. The molecule has 0 aliphatic carbocycles. The van der Waals surface area contributed by atoms with Gasteiger partial charge in [-0.05, 0) is 84.6 Å². The summed E-state index contributed by atoms with van der Waals surface area (Å²) in [5.74, 6) is 0.740. The van der Waals surface area contributed by atoms with Crippen molar-refractivity contribution in [2.45, 2.75) is 20.0 Å². The molecule has 9 aromatic carbocycles. The third kappa shape index (κ3) is 8.74. The first kappa shape index (κ1) is 44.9. The van der Waals surface area contributed by atoms with Crippen LogP contribution >= 0.6 is 0 Å². The van der Waals surface area contributed by atoms with Crippen molar-refractivity contribution >= 4 is 21.8 Å². The summed E-state index contributed by atoms with van der Waals surface area (Å²) in [4.78, 5) is 20.6. The summed E-state index contributed by atoms with van der Waals surface area (Å²) in [5, 5.41) is 1.85. The number of aromatic nitrogens is 5. The molecule has 3 aromatic heterocycles. The Labute approximate surface area is 420 Å². The predicted molar refractivity (Wildman–Crippen MR) is 290 cm³/mol. The van der Waals surface area contributed by atoms with Gasteiger partial charge in [0.05, 0.1) is 45.1 Å². The number of fused-ring (bicyclic) bond motifs is 3. The van der Waals surface area contributed by atoms with Crippen LogP contribution in [0.25, 0.3) is 118 Å². The fourth-order valence-corrected chi connectivity index (χ4v) is 9.82. The molecule has 0 saturated carbocycles. The molecule has 0 bridgehead atoms. The average Bonchev–Trinajstić information content (AvgIpc) is 3.75. The van der Waals surface area contributed by atoms with E-state index in [2.05, 4.69) is 103 Å². The molecule has 12 aromatic rings. The van der Waals surface area contributed by atoms with Crippen molar-refractivity contribution in [2.75, 3.05) is 0 Å². The Bertz CT molecular complexity index is 3650. The molecule has 0 fully saturated rings. The molecule has 0 aliphatic heterocycles. The fourth-order valence-electron chi connectivity index (χ4n) is 9.82. The van der Waals surface area contributed by atoms with Crippen molar-refractivity contribution in [1.82, 2.24) is 24.5 Å². The highest BCUT2D eigenvalue weighted by Crippen LogP contribution is 2.47. The van der Waals surface area contributed by atoms with Crippen molar-refractivity contribution in [3.05, 3.63) is 247 Å². The molecular weight excluding hydrogens is 908 g/mol. The Morgan fingerprint density at radius 3 is 1.07 bits per heavy atom. The van der Waals surface area contributed by atoms with E-state index >= 15 is 13.2 Å². The van der Waals surface area contributed by atoms with Crippen LogP contribution in [0.5, 0.6) is 0 Å². The molecule has 0 unspecified atom stereocenters. The number of rotatable bonds is 9. The summed E-state index contributed by atoms with van der Waals surface area (Å²) in [6.45, 7) is 4.16. The highest BCUT2D eigenvalue weighted by molar-refractivity contribution is 6.13. The lowest BCUT2D eigenvalue weighted by Crippen LogP contribution is -2.10. The molecule has 12 rings (SSSR count). The van der Waals surface area contributed by atoms with E-state index in [-0.39, 0.29) is 11.1 Å². The summed E-state index contributed by atoms with van der Waals surface area (Å²) < 4.78 is 49.9. The normalized spacial score (nSPS) is 11.6. The second-order valence-electron chi connectivity index (χ2n) is 18.3. The lowest BCUT2D eigenvalue weighted by Gasteiger charge is -2.22. The van der Waals surface area contributed by atoms with E-state index in [9.17, 15) is 0 Å². The average molecular weight is 952 g/mol. The predicted octanol–water partition coefficient (Wildman–Crippen LogP) is 17.3. The van der Waals surface area contributed by atoms with E-state index in [4.69, 9.17) is 19.9 Å². The van der Waals surface area contributed by atoms with Gasteiger partial charge in [-0.2, -0.15) is 13.2 Å².